The number of para-hydroxylation sites is 1. The van der Waals surface area contributed by atoms with Gasteiger partial charge in [0.2, 0.25) is 5.91 Å². The van der Waals surface area contributed by atoms with Crippen molar-refractivity contribution in [1.82, 2.24) is 20.2 Å². The molecule has 0 spiro atoms. The fourth-order valence-electron chi connectivity index (χ4n) is 3.95. The summed E-state index contributed by atoms with van der Waals surface area (Å²) in [5, 5.41) is 9.85. The van der Waals surface area contributed by atoms with Crippen molar-refractivity contribution in [3.8, 4) is 0 Å². The highest BCUT2D eigenvalue weighted by Crippen LogP contribution is 2.41. The van der Waals surface area contributed by atoms with Crippen molar-refractivity contribution >= 4 is 35.2 Å². The van der Waals surface area contributed by atoms with Crippen molar-refractivity contribution in [2.75, 3.05) is 40.0 Å². The van der Waals surface area contributed by atoms with Crippen molar-refractivity contribution in [2.24, 2.45) is 11.3 Å². The molecule has 2 fully saturated rings. The Hall–Kier alpha value is -3.80. The van der Waals surface area contributed by atoms with Crippen LogP contribution in [0.4, 0.5) is 0 Å². The predicted octanol–water partition coefficient (Wildman–Crippen LogP) is -0.998. The second kappa shape index (κ2) is 9.56. The van der Waals surface area contributed by atoms with E-state index in [1.54, 1.807) is 24.3 Å². The maximum Gasteiger partial charge on any atom is 0.325 e. The van der Waals surface area contributed by atoms with E-state index in [9.17, 15) is 19.2 Å². The summed E-state index contributed by atoms with van der Waals surface area (Å²) in [7, 11) is 1.24. The molecule has 12 heteroatoms. The molecule has 2 saturated heterocycles. The number of amides is 2. The Balaban J connectivity index is 0.000000913. The maximum atomic E-state index is 13.0. The molecule has 1 aromatic carbocycles. The molecule has 2 aliphatic rings. The number of carboxylic acid groups (broad SMARTS) is 1. The molecule has 1 aromatic heterocycles. The molecule has 0 aliphatic carbocycles. The van der Waals surface area contributed by atoms with Gasteiger partial charge in [-0.2, -0.15) is 0 Å². The summed E-state index contributed by atoms with van der Waals surface area (Å²) in [5.41, 5.74) is -0.916. The number of carbonyl (C=O) groups excluding carboxylic acids is 3. The molecular weight excluding hydrogens is 424 g/mol. The van der Waals surface area contributed by atoms with Gasteiger partial charge in [0, 0.05) is 19.0 Å². The minimum atomic E-state index is -0.944. The van der Waals surface area contributed by atoms with Gasteiger partial charge in [-0.3, -0.25) is 24.0 Å². The Labute approximate surface area is 181 Å². The molecular formula is C20H22N4O8. The van der Waals surface area contributed by atoms with E-state index in [1.165, 1.54) is 12.0 Å². The number of hydrogen-bond donors (Lipinski definition) is 3. The zero-order valence-electron chi connectivity index (χ0n) is 17.2. The van der Waals surface area contributed by atoms with Crippen LogP contribution in [0.25, 0.3) is 10.9 Å². The summed E-state index contributed by atoms with van der Waals surface area (Å²) in [5.74, 6) is -1.66. The van der Waals surface area contributed by atoms with Crippen LogP contribution in [0.5, 0.6) is 0 Å². The smallest absolute Gasteiger partial charge is 0.325 e. The number of likely N-dealkylation sites (tertiary alicyclic amines) is 1. The van der Waals surface area contributed by atoms with Gasteiger partial charge in [-0.25, -0.2) is 4.98 Å². The quantitative estimate of drug-likeness (QED) is 0.394. The van der Waals surface area contributed by atoms with E-state index in [1.807, 2.05) is 0 Å². The molecule has 0 radical (unpaired) electrons. The van der Waals surface area contributed by atoms with Gasteiger partial charge >= 0.3 is 5.97 Å². The number of methoxy groups -OCH3 is 1. The highest BCUT2D eigenvalue weighted by atomic mass is 16.5. The molecule has 0 saturated carbocycles. The number of benzene rings is 1. The number of rotatable bonds is 4. The molecule has 2 aliphatic heterocycles. The lowest BCUT2D eigenvalue weighted by Crippen LogP contribution is -2.48. The topological polar surface area (TPSA) is 168 Å². The van der Waals surface area contributed by atoms with Crippen LogP contribution in [0.2, 0.25) is 0 Å². The van der Waals surface area contributed by atoms with E-state index in [0.717, 1.165) is 0 Å². The zero-order chi connectivity index (χ0) is 23.3. The van der Waals surface area contributed by atoms with Crippen molar-refractivity contribution < 1.29 is 33.8 Å². The monoisotopic (exact) mass is 446 g/mol. The normalized spacial score (nSPS) is 21.3. The number of fused-ring (bicyclic) bond motifs is 2. The summed E-state index contributed by atoms with van der Waals surface area (Å²) < 4.78 is 10.0. The number of aromatic nitrogens is 2. The molecule has 0 unspecified atom stereocenters. The Kier molecular flexibility index (Phi) is 6.83. The third kappa shape index (κ3) is 4.30. The first kappa shape index (κ1) is 22.9. The Morgan fingerprint density at radius 1 is 1.41 bits per heavy atom. The van der Waals surface area contributed by atoms with Crippen molar-refractivity contribution in [1.29, 1.82) is 0 Å². The molecule has 2 atom stereocenters. The highest BCUT2D eigenvalue weighted by Gasteiger charge is 2.57. The lowest BCUT2D eigenvalue weighted by atomic mass is 9.80. The van der Waals surface area contributed by atoms with Crippen LogP contribution in [-0.2, 0) is 23.9 Å². The van der Waals surface area contributed by atoms with E-state index < -0.39 is 22.9 Å². The summed E-state index contributed by atoms with van der Waals surface area (Å²) in [6, 6.07) is 6.75. The number of ether oxygens (including phenoxy) is 2. The summed E-state index contributed by atoms with van der Waals surface area (Å²) in [6.45, 7) is 0.381. The van der Waals surface area contributed by atoms with Gasteiger partial charge in [0.25, 0.3) is 17.9 Å². The second-order valence-electron chi connectivity index (χ2n) is 7.35. The number of nitrogens with one attached hydrogen (secondary N) is 2. The minimum Gasteiger partial charge on any atom is -0.483 e. The largest absolute Gasteiger partial charge is 0.483 e. The molecule has 2 aromatic rings. The Morgan fingerprint density at radius 2 is 2.12 bits per heavy atom. The van der Waals surface area contributed by atoms with E-state index in [2.05, 4.69) is 20.0 Å². The van der Waals surface area contributed by atoms with Gasteiger partial charge in [0.15, 0.2) is 5.82 Å². The zero-order valence-corrected chi connectivity index (χ0v) is 17.2. The van der Waals surface area contributed by atoms with E-state index in [4.69, 9.17) is 14.6 Å². The van der Waals surface area contributed by atoms with E-state index in [0.29, 0.717) is 24.1 Å². The van der Waals surface area contributed by atoms with Gasteiger partial charge < -0.3 is 29.8 Å². The number of H-pyrrole nitrogens is 1. The van der Waals surface area contributed by atoms with Gasteiger partial charge in [0.05, 0.1) is 36.6 Å². The first-order valence-corrected chi connectivity index (χ1v) is 9.65. The molecule has 4 rings (SSSR count). The lowest BCUT2D eigenvalue weighted by molar-refractivity contribution is -0.142. The van der Waals surface area contributed by atoms with Crippen molar-refractivity contribution in [2.45, 2.75) is 0 Å². The Morgan fingerprint density at radius 3 is 2.84 bits per heavy atom. The van der Waals surface area contributed by atoms with Crippen LogP contribution in [0.1, 0.15) is 10.6 Å². The fourth-order valence-corrected chi connectivity index (χ4v) is 3.95. The van der Waals surface area contributed by atoms with Crippen LogP contribution in [0.3, 0.4) is 0 Å². The number of nitrogens with zero attached hydrogens (tertiary/aromatic N) is 2. The van der Waals surface area contributed by atoms with Crippen LogP contribution >= 0.6 is 0 Å². The molecule has 2 amide bonds. The van der Waals surface area contributed by atoms with Gasteiger partial charge in [-0.1, -0.05) is 12.1 Å². The molecule has 0 bridgehead atoms. The predicted molar refractivity (Wildman–Crippen MR) is 109 cm³/mol. The minimum absolute atomic E-state index is 0.0697. The average molecular weight is 446 g/mol. The third-order valence-electron chi connectivity index (χ3n) is 5.55. The fraction of sp³-hybridized carbons (Fsp3) is 0.400. The SMILES string of the molecule is COC(=O)CNC(=O)[C@@]12COC[C@@H]1CN(C(=O)c1nc3ccccc3c(=O)[nH]1)C2.O=CO. The molecule has 3 heterocycles. The third-order valence-corrected chi connectivity index (χ3v) is 5.55. The maximum absolute atomic E-state index is 13.0. The average Bonchev–Trinajstić information content (AvgIpc) is 3.36. The molecule has 12 nitrogen and oxygen atoms in total. The van der Waals surface area contributed by atoms with Gasteiger partial charge in [0.1, 0.15) is 6.54 Å². The van der Waals surface area contributed by atoms with Gasteiger partial charge in [-0.15, -0.1) is 0 Å². The summed E-state index contributed by atoms with van der Waals surface area (Å²) in [6.07, 6.45) is 0. The lowest BCUT2D eigenvalue weighted by Gasteiger charge is -2.25. The van der Waals surface area contributed by atoms with E-state index >= 15 is 0 Å². The van der Waals surface area contributed by atoms with Crippen LogP contribution in [0, 0.1) is 11.3 Å². The molecule has 32 heavy (non-hydrogen) atoms. The van der Waals surface area contributed by atoms with Crippen molar-refractivity contribution in [3.05, 3.63) is 40.4 Å². The number of aromatic amines is 1. The molecule has 170 valence electrons. The van der Waals surface area contributed by atoms with Crippen LogP contribution in [-0.4, -0.2) is 84.2 Å². The number of esters is 1. The van der Waals surface area contributed by atoms with Gasteiger partial charge in [-0.05, 0) is 12.1 Å². The van der Waals surface area contributed by atoms with E-state index in [-0.39, 0.29) is 43.8 Å². The Bertz CT molecular complexity index is 1100. The van der Waals surface area contributed by atoms with Crippen molar-refractivity contribution in [3.63, 3.8) is 0 Å². The first-order valence-electron chi connectivity index (χ1n) is 9.65. The van der Waals surface area contributed by atoms with Crippen LogP contribution in [0.15, 0.2) is 29.1 Å². The number of hydrogen-bond acceptors (Lipinski definition) is 8. The van der Waals surface area contributed by atoms with Crippen LogP contribution < -0.4 is 10.9 Å². The molecule has 3 N–H and O–H groups in total. The first-order chi connectivity index (χ1) is 15.4. The number of carbonyl (C=O) groups is 4. The summed E-state index contributed by atoms with van der Waals surface area (Å²) in [4.78, 5) is 66.1. The second-order valence-corrected chi connectivity index (χ2v) is 7.35. The standard InChI is InChI=1S/C19H20N4O6.CH2O2/c1-28-14(24)6-20-18(27)19-9-23(7-11(19)8-29-10-19)17(26)15-21-13-5-3-2-4-12(13)16(25)22-15;2-1-3/h2-5,11H,6-10H2,1H3,(H,20,27)(H,21,22,25);1H,(H,2,3)/t11-,19-;/m0./s1. The highest BCUT2D eigenvalue weighted by molar-refractivity contribution is 5.94. The summed E-state index contributed by atoms with van der Waals surface area (Å²) >= 11 is 0.